The standard InChI is InChI=1S/C16H22N2O4/c1-11-9-13(14(21-3)10-12(11)2)15(19)17-5-7-18(8-6-17)16(20)22-4/h9-10H,5-8H2,1-4H3. The molecule has 1 aromatic carbocycles. The highest BCUT2D eigenvalue weighted by Crippen LogP contribution is 2.25. The largest absolute Gasteiger partial charge is 0.496 e. The summed E-state index contributed by atoms with van der Waals surface area (Å²) in [5, 5.41) is 0. The molecule has 0 spiro atoms. The molecule has 1 saturated heterocycles. The maximum atomic E-state index is 12.7. The summed E-state index contributed by atoms with van der Waals surface area (Å²) in [6.07, 6.45) is -0.351. The highest BCUT2D eigenvalue weighted by Gasteiger charge is 2.27. The monoisotopic (exact) mass is 306 g/mol. The van der Waals surface area contributed by atoms with Gasteiger partial charge in [-0.2, -0.15) is 0 Å². The van der Waals surface area contributed by atoms with E-state index in [4.69, 9.17) is 9.47 Å². The highest BCUT2D eigenvalue weighted by molar-refractivity contribution is 5.97. The van der Waals surface area contributed by atoms with Crippen molar-refractivity contribution in [2.45, 2.75) is 13.8 Å². The van der Waals surface area contributed by atoms with E-state index in [0.29, 0.717) is 37.5 Å². The topological polar surface area (TPSA) is 59.1 Å². The second-order valence-electron chi connectivity index (χ2n) is 5.39. The van der Waals surface area contributed by atoms with Crippen molar-refractivity contribution in [2.24, 2.45) is 0 Å². The number of hydrogen-bond donors (Lipinski definition) is 0. The molecule has 0 saturated carbocycles. The van der Waals surface area contributed by atoms with Gasteiger partial charge in [-0.3, -0.25) is 4.79 Å². The molecular weight excluding hydrogens is 284 g/mol. The Hall–Kier alpha value is -2.24. The predicted octanol–water partition coefficient (Wildman–Crippen LogP) is 1.84. The van der Waals surface area contributed by atoms with Crippen LogP contribution in [0.2, 0.25) is 0 Å². The van der Waals surface area contributed by atoms with Gasteiger partial charge in [0.05, 0.1) is 19.8 Å². The third kappa shape index (κ3) is 3.16. The highest BCUT2D eigenvalue weighted by atomic mass is 16.5. The normalized spacial score (nSPS) is 14.7. The van der Waals surface area contributed by atoms with Gasteiger partial charge in [-0.15, -0.1) is 0 Å². The Morgan fingerprint density at radius 1 is 0.955 bits per heavy atom. The molecule has 6 nitrogen and oxygen atoms in total. The van der Waals surface area contributed by atoms with Gasteiger partial charge in [-0.25, -0.2) is 4.79 Å². The van der Waals surface area contributed by atoms with Crippen LogP contribution < -0.4 is 4.74 Å². The Bertz CT molecular complexity index is 578. The summed E-state index contributed by atoms with van der Waals surface area (Å²) < 4.78 is 10.0. The first-order chi connectivity index (χ1) is 10.5. The second-order valence-corrected chi connectivity index (χ2v) is 5.39. The Morgan fingerprint density at radius 3 is 2.05 bits per heavy atom. The molecule has 0 radical (unpaired) electrons. The summed E-state index contributed by atoms with van der Waals surface area (Å²) >= 11 is 0. The van der Waals surface area contributed by atoms with Crippen molar-refractivity contribution in [3.8, 4) is 5.75 Å². The summed E-state index contributed by atoms with van der Waals surface area (Å²) in [6, 6.07) is 3.75. The molecule has 120 valence electrons. The van der Waals surface area contributed by atoms with Gasteiger partial charge in [0.15, 0.2) is 0 Å². The zero-order valence-corrected chi connectivity index (χ0v) is 13.5. The number of carbonyl (C=O) groups is 2. The molecule has 22 heavy (non-hydrogen) atoms. The van der Waals surface area contributed by atoms with Crippen molar-refractivity contribution in [3.05, 3.63) is 28.8 Å². The van der Waals surface area contributed by atoms with E-state index in [1.807, 2.05) is 26.0 Å². The smallest absolute Gasteiger partial charge is 0.409 e. The summed E-state index contributed by atoms with van der Waals surface area (Å²) in [5.41, 5.74) is 2.71. The van der Waals surface area contributed by atoms with Crippen molar-refractivity contribution in [1.82, 2.24) is 9.80 Å². The van der Waals surface area contributed by atoms with Crippen molar-refractivity contribution in [3.63, 3.8) is 0 Å². The lowest BCUT2D eigenvalue weighted by Gasteiger charge is -2.34. The minimum atomic E-state index is -0.351. The van der Waals surface area contributed by atoms with Crippen LogP contribution >= 0.6 is 0 Å². The first kappa shape index (κ1) is 16.1. The molecule has 0 aromatic heterocycles. The first-order valence-electron chi connectivity index (χ1n) is 7.25. The van der Waals surface area contributed by atoms with Gasteiger partial charge in [0.25, 0.3) is 5.91 Å². The molecule has 0 unspecified atom stereocenters. The summed E-state index contributed by atoms with van der Waals surface area (Å²) in [7, 11) is 2.93. The third-order valence-electron chi connectivity index (χ3n) is 4.05. The number of piperazine rings is 1. The molecular formula is C16H22N2O4. The molecule has 2 amide bonds. The maximum Gasteiger partial charge on any atom is 0.409 e. The minimum absolute atomic E-state index is 0.0653. The summed E-state index contributed by atoms with van der Waals surface area (Å²) in [6.45, 7) is 5.90. The molecule has 1 fully saturated rings. The van der Waals surface area contributed by atoms with Crippen LogP contribution in [0.5, 0.6) is 5.75 Å². The Labute approximate surface area is 130 Å². The molecule has 1 aliphatic heterocycles. The van der Waals surface area contributed by atoms with E-state index in [1.165, 1.54) is 7.11 Å². The van der Waals surface area contributed by atoms with Gasteiger partial charge in [0.2, 0.25) is 0 Å². The van der Waals surface area contributed by atoms with Crippen molar-refractivity contribution in [2.75, 3.05) is 40.4 Å². The number of ether oxygens (including phenoxy) is 2. The third-order valence-corrected chi connectivity index (χ3v) is 4.05. The quantitative estimate of drug-likeness (QED) is 0.836. The van der Waals surface area contributed by atoms with Crippen LogP contribution in [-0.4, -0.2) is 62.2 Å². The molecule has 0 aliphatic carbocycles. The number of nitrogens with zero attached hydrogens (tertiary/aromatic N) is 2. The summed E-state index contributed by atoms with van der Waals surface area (Å²) in [5.74, 6) is 0.521. The minimum Gasteiger partial charge on any atom is -0.496 e. The zero-order valence-electron chi connectivity index (χ0n) is 13.5. The predicted molar refractivity (Wildman–Crippen MR) is 82.3 cm³/mol. The molecule has 2 rings (SSSR count). The fraction of sp³-hybridized carbons (Fsp3) is 0.500. The van der Waals surface area contributed by atoms with Gasteiger partial charge >= 0.3 is 6.09 Å². The fourth-order valence-electron chi connectivity index (χ4n) is 2.52. The molecule has 1 aliphatic rings. The Balaban J connectivity index is 2.13. The maximum absolute atomic E-state index is 12.7. The van der Waals surface area contributed by atoms with E-state index in [2.05, 4.69) is 0 Å². The van der Waals surface area contributed by atoms with E-state index >= 15 is 0 Å². The number of methoxy groups -OCH3 is 2. The second kappa shape index (κ2) is 6.68. The van der Waals surface area contributed by atoms with E-state index in [0.717, 1.165) is 11.1 Å². The number of hydrogen-bond acceptors (Lipinski definition) is 4. The van der Waals surface area contributed by atoms with Gasteiger partial charge in [0, 0.05) is 26.2 Å². The Kier molecular flexibility index (Phi) is 4.90. The lowest BCUT2D eigenvalue weighted by Crippen LogP contribution is -2.50. The lowest BCUT2D eigenvalue weighted by molar-refractivity contribution is 0.0597. The van der Waals surface area contributed by atoms with E-state index < -0.39 is 0 Å². The first-order valence-corrected chi connectivity index (χ1v) is 7.25. The summed E-state index contributed by atoms with van der Waals surface area (Å²) in [4.78, 5) is 27.5. The van der Waals surface area contributed by atoms with Gasteiger partial charge < -0.3 is 19.3 Å². The van der Waals surface area contributed by atoms with Crippen molar-refractivity contribution >= 4 is 12.0 Å². The van der Waals surface area contributed by atoms with E-state index in [-0.39, 0.29) is 12.0 Å². The SMILES string of the molecule is COC(=O)N1CCN(C(=O)c2cc(C)c(C)cc2OC)CC1. The number of aryl methyl sites for hydroxylation is 2. The van der Waals surface area contributed by atoms with Crippen LogP contribution in [-0.2, 0) is 4.74 Å². The van der Waals surface area contributed by atoms with Crippen molar-refractivity contribution in [1.29, 1.82) is 0 Å². The molecule has 1 heterocycles. The van der Waals surface area contributed by atoms with Crippen LogP contribution in [0.15, 0.2) is 12.1 Å². The van der Waals surface area contributed by atoms with Crippen LogP contribution in [0.1, 0.15) is 21.5 Å². The molecule has 0 atom stereocenters. The van der Waals surface area contributed by atoms with Crippen LogP contribution in [0, 0.1) is 13.8 Å². The van der Waals surface area contributed by atoms with Crippen LogP contribution in [0.3, 0.4) is 0 Å². The zero-order chi connectivity index (χ0) is 16.3. The molecule has 0 bridgehead atoms. The average Bonchev–Trinajstić information content (AvgIpc) is 2.55. The van der Waals surface area contributed by atoms with E-state index in [1.54, 1.807) is 16.9 Å². The number of rotatable bonds is 2. The van der Waals surface area contributed by atoms with Crippen molar-refractivity contribution < 1.29 is 19.1 Å². The molecule has 0 N–H and O–H groups in total. The van der Waals surface area contributed by atoms with Crippen LogP contribution in [0.25, 0.3) is 0 Å². The average molecular weight is 306 g/mol. The van der Waals surface area contributed by atoms with E-state index in [9.17, 15) is 9.59 Å². The Morgan fingerprint density at radius 2 is 1.50 bits per heavy atom. The fourth-order valence-corrected chi connectivity index (χ4v) is 2.52. The van der Waals surface area contributed by atoms with Crippen LogP contribution in [0.4, 0.5) is 4.79 Å². The van der Waals surface area contributed by atoms with Gasteiger partial charge in [-0.1, -0.05) is 0 Å². The number of benzene rings is 1. The van der Waals surface area contributed by atoms with Gasteiger partial charge in [0.1, 0.15) is 5.75 Å². The van der Waals surface area contributed by atoms with Gasteiger partial charge in [-0.05, 0) is 37.1 Å². The lowest BCUT2D eigenvalue weighted by atomic mass is 10.0. The number of amides is 2. The molecule has 6 heteroatoms. The number of carbonyl (C=O) groups excluding carboxylic acids is 2. The molecule has 1 aromatic rings.